The SMILES string of the molecule is ClC1(Cl)C(c2ccccc2)CCCC1c1ccc(C2CCCC(c3ccccc3)C2(Cl)Cl)cc1. The molecule has 4 unspecified atom stereocenters. The van der Waals surface area contributed by atoms with Gasteiger partial charge in [0.05, 0.1) is 0 Å². The van der Waals surface area contributed by atoms with Crippen molar-refractivity contribution >= 4 is 46.4 Å². The van der Waals surface area contributed by atoms with Gasteiger partial charge in [-0.25, -0.2) is 0 Å². The van der Waals surface area contributed by atoms with Gasteiger partial charge in [0.2, 0.25) is 0 Å². The second-order valence-electron chi connectivity index (χ2n) is 9.91. The molecule has 2 saturated carbocycles. The summed E-state index contributed by atoms with van der Waals surface area (Å²) in [6, 6.07) is 29.7. The Morgan fingerprint density at radius 2 is 0.676 bits per heavy atom. The minimum absolute atomic E-state index is 0.0871. The zero-order valence-electron chi connectivity index (χ0n) is 19.1. The summed E-state index contributed by atoms with van der Waals surface area (Å²) < 4.78 is -1.68. The van der Waals surface area contributed by atoms with Gasteiger partial charge in [-0.15, -0.1) is 46.4 Å². The van der Waals surface area contributed by atoms with Gasteiger partial charge in [0, 0.05) is 23.7 Å². The average Bonchev–Trinajstić information content (AvgIpc) is 2.85. The lowest BCUT2D eigenvalue weighted by atomic mass is 9.72. The van der Waals surface area contributed by atoms with Crippen LogP contribution in [0.1, 0.15) is 84.5 Å². The molecule has 0 saturated heterocycles. The van der Waals surface area contributed by atoms with Crippen LogP contribution >= 0.6 is 46.4 Å². The van der Waals surface area contributed by atoms with E-state index >= 15 is 0 Å². The van der Waals surface area contributed by atoms with Crippen LogP contribution in [0.15, 0.2) is 84.9 Å². The largest absolute Gasteiger partial charge is 0.131 e. The number of rotatable bonds is 4. The molecular formula is C30H30Cl4. The molecule has 0 N–H and O–H groups in total. The van der Waals surface area contributed by atoms with Gasteiger partial charge in [-0.2, -0.15) is 0 Å². The van der Waals surface area contributed by atoms with Crippen molar-refractivity contribution in [3.8, 4) is 0 Å². The molecule has 3 aromatic rings. The first kappa shape index (κ1) is 24.5. The Morgan fingerprint density at radius 3 is 0.971 bits per heavy atom. The molecule has 0 spiro atoms. The average molecular weight is 532 g/mol. The summed E-state index contributed by atoms with van der Waals surface area (Å²) in [4.78, 5) is 0. The summed E-state index contributed by atoms with van der Waals surface area (Å²) in [6.07, 6.45) is 6.22. The fourth-order valence-corrected chi connectivity index (χ4v) is 8.08. The lowest BCUT2D eigenvalue weighted by Gasteiger charge is -2.43. The van der Waals surface area contributed by atoms with E-state index < -0.39 is 8.67 Å². The molecule has 4 atom stereocenters. The van der Waals surface area contributed by atoms with Crippen molar-refractivity contribution in [3.05, 3.63) is 107 Å². The Morgan fingerprint density at radius 1 is 0.412 bits per heavy atom. The first-order valence-corrected chi connectivity index (χ1v) is 13.9. The summed E-state index contributed by atoms with van der Waals surface area (Å²) in [5, 5.41) is 0. The smallest absolute Gasteiger partial charge is 0.100 e. The normalized spacial score (nSPS) is 28.4. The molecule has 2 fully saturated rings. The first-order valence-electron chi connectivity index (χ1n) is 12.3. The van der Waals surface area contributed by atoms with E-state index in [2.05, 4.69) is 72.8 Å². The van der Waals surface area contributed by atoms with Crippen LogP contribution in [0.5, 0.6) is 0 Å². The second-order valence-corrected chi connectivity index (χ2v) is 12.8. The lowest BCUT2D eigenvalue weighted by molar-refractivity contribution is 0.366. The minimum Gasteiger partial charge on any atom is -0.100 e. The Bertz CT molecular complexity index is 987. The van der Waals surface area contributed by atoms with Crippen molar-refractivity contribution in [2.24, 2.45) is 0 Å². The topological polar surface area (TPSA) is 0 Å². The Hall–Kier alpha value is -1.18. The number of hydrogen-bond donors (Lipinski definition) is 0. The van der Waals surface area contributed by atoms with E-state index in [9.17, 15) is 0 Å². The van der Waals surface area contributed by atoms with Crippen molar-refractivity contribution < 1.29 is 0 Å². The van der Waals surface area contributed by atoms with Gasteiger partial charge in [-0.1, -0.05) is 97.8 Å². The highest BCUT2D eigenvalue weighted by Crippen LogP contribution is 2.57. The standard InChI is InChI=1S/C30H30Cl4/c31-29(32)25(21-9-3-1-4-10-21)13-7-15-27(29)23-17-19-24(20-18-23)28-16-8-14-26(30(28,33)34)22-11-5-2-6-12-22/h1-6,9-12,17-20,25-28H,7-8,13-16H2. The Balaban J connectivity index is 1.39. The third-order valence-corrected chi connectivity index (χ3v) is 10.1. The zero-order valence-corrected chi connectivity index (χ0v) is 22.2. The third-order valence-electron chi connectivity index (χ3n) is 7.97. The fourth-order valence-electron chi connectivity index (χ4n) is 6.19. The van der Waals surface area contributed by atoms with E-state index in [1.54, 1.807) is 0 Å². The van der Waals surface area contributed by atoms with E-state index in [1.165, 1.54) is 22.3 Å². The zero-order chi connectivity index (χ0) is 23.8. The summed E-state index contributed by atoms with van der Waals surface area (Å²) in [5.41, 5.74) is 4.83. The van der Waals surface area contributed by atoms with Crippen molar-refractivity contribution in [2.75, 3.05) is 0 Å². The Kier molecular flexibility index (Phi) is 7.25. The van der Waals surface area contributed by atoms with Gasteiger partial charge in [-0.05, 0) is 47.9 Å². The van der Waals surface area contributed by atoms with Crippen molar-refractivity contribution in [3.63, 3.8) is 0 Å². The van der Waals surface area contributed by atoms with Gasteiger partial charge >= 0.3 is 0 Å². The molecule has 0 radical (unpaired) electrons. The highest BCUT2D eigenvalue weighted by molar-refractivity contribution is 6.50. The van der Waals surface area contributed by atoms with Crippen LogP contribution in [-0.4, -0.2) is 8.67 Å². The van der Waals surface area contributed by atoms with Crippen LogP contribution in [-0.2, 0) is 0 Å². The quantitative estimate of drug-likeness (QED) is 0.293. The molecule has 178 valence electrons. The van der Waals surface area contributed by atoms with E-state index in [0.717, 1.165) is 38.5 Å². The van der Waals surface area contributed by atoms with Crippen molar-refractivity contribution in [2.45, 2.75) is 70.9 Å². The third kappa shape index (κ3) is 4.64. The highest BCUT2D eigenvalue weighted by Gasteiger charge is 2.48. The predicted molar refractivity (Wildman–Crippen MR) is 147 cm³/mol. The van der Waals surface area contributed by atoms with E-state index in [-0.39, 0.29) is 23.7 Å². The minimum atomic E-state index is -0.840. The molecule has 0 heterocycles. The molecule has 0 nitrogen and oxygen atoms in total. The van der Waals surface area contributed by atoms with E-state index in [4.69, 9.17) is 46.4 Å². The first-order chi connectivity index (χ1) is 16.4. The summed E-state index contributed by atoms with van der Waals surface area (Å²) in [7, 11) is 0. The van der Waals surface area contributed by atoms with E-state index in [0.29, 0.717) is 0 Å². The molecule has 0 bridgehead atoms. The van der Waals surface area contributed by atoms with Gasteiger partial charge in [0.15, 0.2) is 0 Å². The molecule has 2 aliphatic carbocycles. The summed E-state index contributed by atoms with van der Waals surface area (Å²) in [6.45, 7) is 0. The van der Waals surface area contributed by atoms with Crippen molar-refractivity contribution in [1.82, 2.24) is 0 Å². The molecule has 4 heteroatoms. The maximum Gasteiger partial charge on any atom is 0.131 e. The molecule has 3 aromatic carbocycles. The number of alkyl halides is 4. The molecule has 0 aliphatic heterocycles. The fraction of sp³-hybridized carbons (Fsp3) is 0.400. The van der Waals surface area contributed by atoms with E-state index in [1.807, 2.05) is 12.1 Å². The van der Waals surface area contributed by atoms with Crippen LogP contribution in [0.25, 0.3) is 0 Å². The summed E-state index contributed by atoms with van der Waals surface area (Å²) in [5.74, 6) is 0.422. The van der Waals surface area contributed by atoms with Gasteiger partial charge in [-0.3, -0.25) is 0 Å². The number of hydrogen-bond acceptors (Lipinski definition) is 0. The van der Waals surface area contributed by atoms with Crippen LogP contribution in [0.2, 0.25) is 0 Å². The van der Waals surface area contributed by atoms with Gasteiger partial charge < -0.3 is 0 Å². The molecule has 0 aromatic heterocycles. The van der Waals surface area contributed by atoms with Crippen LogP contribution < -0.4 is 0 Å². The maximum atomic E-state index is 7.12. The number of halogens is 4. The van der Waals surface area contributed by atoms with Crippen LogP contribution in [0.3, 0.4) is 0 Å². The van der Waals surface area contributed by atoms with Crippen molar-refractivity contribution in [1.29, 1.82) is 0 Å². The monoisotopic (exact) mass is 530 g/mol. The molecular weight excluding hydrogens is 502 g/mol. The van der Waals surface area contributed by atoms with Crippen LogP contribution in [0.4, 0.5) is 0 Å². The maximum absolute atomic E-state index is 7.12. The second kappa shape index (κ2) is 10.1. The van der Waals surface area contributed by atoms with Gasteiger partial charge in [0.1, 0.15) is 8.67 Å². The lowest BCUT2D eigenvalue weighted by Crippen LogP contribution is -2.36. The van der Waals surface area contributed by atoms with Gasteiger partial charge in [0.25, 0.3) is 0 Å². The Labute approximate surface area is 223 Å². The van der Waals surface area contributed by atoms with Crippen LogP contribution in [0, 0.1) is 0 Å². The molecule has 0 amide bonds. The molecule has 2 aliphatic rings. The summed E-state index contributed by atoms with van der Waals surface area (Å²) >= 11 is 28.5. The molecule has 34 heavy (non-hydrogen) atoms. The molecule has 5 rings (SSSR count). The highest BCUT2D eigenvalue weighted by atomic mass is 35.5. The predicted octanol–water partition coefficient (Wildman–Crippen LogP) is 10.1. The number of benzene rings is 3.